The van der Waals surface area contributed by atoms with Crippen LogP contribution in [0.3, 0.4) is 0 Å². The molecular formula is C20H24BrN3O4S2. The summed E-state index contributed by atoms with van der Waals surface area (Å²) < 4.78 is 33.2. The molecule has 2 rings (SSSR count). The minimum absolute atomic E-state index is 0.0789. The zero-order valence-electron chi connectivity index (χ0n) is 16.9. The van der Waals surface area contributed by atoms with Gasteiger partial charge in [-0.25, -0.2) is 13.1 Å². The fraction of sp³-hybridized carbons (Fsp3) is 0.300. The Kier molecular flexibility index (Phi) is 8.78. The molecule has 0 saturated heterocycles. The Labute approximate surface area is 190 Å². The average molecular weight is 514 g/mol. The summed E-state index contributed by atoms with van der Waals surface area (Å²) in [4.78, 5) is 12.8. The zero-order chi connectivity index (χ0) is 22.3. The molecule has 0 fully saturated rings. The fourth-order valence-corrected chi connectivity index (χ4v) is 4.11. The maximum absolute atomic E-state index is 12.7. The van der Waals surface area contributed by atoms with Gasteiger partial charge >= 0.3 is 0 Å². The number of nitrogens with one attached hydrogen (secondary N) is 3. The normalized spacial score (nSPS) is 11.2. The van der Waals surface area contributed by atoms with Crippen LogP contribution in [0.4, 0.5) is 5.69 Å². The number of benzene rings is 2. The second kappa shape index (κ2) is 10.9. The number of thiocarbonyl (C=S) groups is 1. The molecule has 0 atom stereocenters. The van der Waals surface area contributed by atoms with Crippen molar-refractivity contribution in [2.24, 2.45) is 0 Å². The van der Waals surface area contributed by atoms with Crippen LogP contribution < -0.4 is 20.1 Å². The summed E-state index contributed by atoms with van der Waals surface area (Å²) in [6.07, 6.45) is 0.610. The molecular weight excluding hydrogens is 490 g/mol. The predicted molar refractivity (Wildman–Crippen MR) is 126 cm³/mol. The lowest BCUT2D eigenvalue weighted by Crippen LogP contribution is -2.34. The van der Waals surface area contributed by atoms with E-state index in [-0.39, 0.29) is 16.1 Å². The summed E-state index contributed by atoms with van der Waals surface area (Å²) in [5.74, 6) is 0.0232. The van der Waals surface area contributed by atoms with Crippen LogP contribution in [0.25, 0.3) is 0 Å². The van der Waals surface area contributed by atoms with Gasteiger partial charge in [-0.2, -0.15) is 0 Å². The van der Waals surface area contributed by atoms with E-state index in [1.54, 1.807) is 30.3 Å². The largest absolute Gasteiger partial charge is 0.490 e. The summed E-state index contributed by atoms with van der Waals surface area (Å²) >= 11 is 8.56. The van der Waals surface area contributed by atoms with E-state index >= 15 is 0 Å². The van der Waals surface area contributed by atoms with Crippen LogP contribution >= 0.6 is 28.1 Å². The molecule has 0 aliphatic heterocycles. The van der Waals surface area contributed by atoms with Gasteiger partial charge in [0.2, 0.25) is 10.0 Å². The number of carbonyl (C=O) groups is 1. The van der Waals surface area contributed by atoms with Gasteiger partial charge in [0.05, 0.1) is 16.6 Å². The minimum Gasteiger partial charge on any atom is -0.490 e. The van der Waals surface area contributed by atoms with Crippen molar-refractivity contribution in [3.8, 4) is 5.75 Å². The number of amides is 1. The standard InChI is InChI=1S/C20H24BrN3O4S2/c1-4-11-22-30(26,27)16-8-6-15(7-9-16)23-20(29)24-19(25)17-12-14(21)5-10-18(17)28-13(2)3/h5-10,12-13,22H,4,11H2,1-3H3,(H2,23,24,25,29). The van der Waals surface area contributed by atoms with Crippen molar-refractivity contribution in [3.05, 3.63) is 52.5 Å². The van der Waals surface area contributed by atoms with Crippen molar-refractivity contribution in [3.63, 3.8) is 0 Å². The van der Waals surface area contributed by atoms with Gasteiger partial charge in [0.15, 0.2) is 5.11 Å². The zero-order valence-corrected chi connectivity index (χ0v) is 20.1. The fourth-order valence-electron chi connectivity index (χ4n) is 2.41. The first kappa shape index (κ1) is 24.3. The van der Waals surface area contributed by atoms with Crippen LogP contribution in [0.15, 0.2) is 51.8 Å². The minimum atomic E-state index is -3.54. The van der Waals surface area contributed by atoms with Crippen molar-refractivity contribution in [2.45, 2.75) is 38.2 Å². The van der Waals surface area contributed by atoms with Crippen LogP contribution in [-0.2, 0) is 10.0 Å². The molecule has 0 aromatic heterocycles. The number of carbonyl (C=O) groups excluding carboxylic acids is 1. The lowest BCUT2D eigenvalue weighted by Gasteiger charge is -2.15. The van der Waals surface area contributed by atoms with Gasteiger partial charge in [0, 0.05) is 16.7 Å². The molecule has 30 heavy (non-hydrogen) atoms. The number of hydrogen-bond donors (Lipinski definition) is 3. The van der Waals surface area contributed by atoms with E-state index in [1.807, 2.05) is 20.8 Å². The van der Waals surface area contributed by atoms with Gasteiger partial charge in [-0.1, -0.05) is 22.9 Å². The highest BCUT2D eigenvalue weighted by Gasteiger charge is 2.16. The molecule has 1 amide bonds. The summed E-state index contributed by atoms with van der Waals surface area (Å²) in [6.45, 7) is 6.00. The number of hydrogen-bond acceptors (Lipinski definition) is 5. The number of anilines is 1. The number of sulfonamides is 1. The first-order valence-electron chi connectivity index (χ1n) is 9.30. The summed E-state index contributed by atoms with van der Waals surface area (Å²) in [5.41, 5.74) is 0.883. The average Bonchev–Trinajstić information content (AvgIpc) is 2.67. The molecule has 3 N–H and O–H groups in total. The molecule has 0 bridgehead atoms. The van der Waals surface area contributed by atoms with E-state index in [1.165, 1.54) is 12.1 Å². The molecule has 0 aliphatic rings. The first-order chi connectivity index (χ1) is 14.1. The summed E-state index contributed by atoms with van der Waals surface area (Å²) in [6, 6.07) is 11.2. The topological polar surface area (TPSA) is 96.5 Å². The third-order valence-corrected chi connectivity index (χ3v) is 5.91. The van der Waals surface area contributed by atoms with Crippen molar-refractivity contribution in [1.82, 2.24) is 10.0 Å². The maximum Gasteiger partial charge on any atom is 0.261 e. The Morgan fingerprint density at radius 3 is 2.43 bits per heavy atom. The number of halogens is 1. The molecule has 0 unspecified atom stereocenters. The van der Waals surface area contributed by atoms with Crippen LogP contribution in [0.5, 0.6) is 5.75 Å². The highest BCUT2D eigenvalue weighted by atomic mass is 79.9. The SMILES string of the molecule is CCCNS(=O)(=O)c1ccc(NC(=S)NC(=O)c2cc(Br)ccc2OC(C)C)cc1. The van der Waals surface area contributed by atoms with Crippen molar-refractivity contribution in [2.75, 3.05) is 11.9 Å². The maximum atomic E-state index is 12.7. The van der Waals surface area contributed by atoms with Gasteiger partial charge in [-0.3, -0.25) is 10.1 Å². The van der Waals surface area contributed by atoms with E-state index < -0.39 is 15.9 Å². The van der Waals surface area contributed by atoms with Gasteiger partial charge in [-0.05, 0) is 75.0 Å². The summed E-state index contributed by atoms with van der Waals surface area (Å²) in [5, 5.41) is 5.56. The first-order valence-corrected chi connectivity index (χ1v) is 12.0. The molecule has 0 aliphatic carbocycles. The second-order valence-corrected chi connectivity index (χ2v) is 9.73. The summed E-state index contributed by atoms with van der Waals surface area (Å²) in [7, 11) is -3.54. The van der Waals surface area contributed by atoms with E-state index in [4.69, 9.17) is 17.0 Å². The monoisotopic (exact) mass is 513 g/mol. The van der Waals surface area contributed by atoms with Crippen LogP contribution in [0.1, 0.15) is 37.6 Å². The van der Waals surface area contributed by atoms with Gasteiger partial charge in [0.25, 0.3) is 5.91 Å². The molecule has 0 spiro atoms. The smallest absolute Gasteiger partial charge is 0.261 e. The predicted octanol–water partition coefficient (Wildman–Crippen LogP) is 4.05. The van der Waals surface area contributed by atoms with Crippen LogP contribution in [0.2, 0.25) is 0 Å². The van der Waals surface area contributed by atoms with E-state index in [0.717, 1.165) is 4.47 Å². The lowest BCUT2D eigenvalue weighted by atomic mass is 10.2. The number of rotatable bonds is 8. The van der Waals surface area contributed by atoms with Crippen molar-refractivity contribution in [1.29, 1.82) is 0 Å². The molecule has 2 aromatic carbocycles. The van der Waals surface area contributed by atoms with E-state index in [0.29, 0.717) is 30.0 Å². The second-order valence-electron chi connectivity index (χ2n) is 6.64. The van der Waals surface area contributed by atoms with Gasteiger partial charge in [0.1, 0.15) is 5.75 Å². The van der Waals surface area contributed by atoms with Crippen molar-refractivity contribution < 1.29 is 17.9 Å². The quantitative estimate of drug-likeness (QED) is 0.460. The Balaban J connectivity index is 2.06. The van der Waals surface area contributed by atoms with E-state index in [2.05, 4.69) is 31.3 Å². The third kappa shape index (κ3) is 7.05. The lowest BCUT2D eigenvalue weighted by molar-refractivity contribution is 0.0972. The molecule has 2 aromatic rings. The molecule has 0 saturated carbocycles. The number of ether oxygens (including phenoxy) is 1. The van der Waals surface area contributed by atoms with Gasteiger partial charge in [-0.15, -0.1) is 0 Å². The molecule has 7 nitrogen and oxygen atoms in total. The Bertz CT molecular complexity index is 1010. The van der Waals surface area contributed by atoms with Crippen molar-refractivity contribution >= 4 is 54.9 Å². The highest BCUT2D eigenvalue weighted by molar-refractivity contribution is 9.10. The molecule has 0 radical (unpaired) electrons. The third-order valence-electron chi connectivity index (χ3n) is 3.74. The highest BCUT2D eigenvalue weighted by Crippen LogP contribution is 2.24. The Morgan fingerprint density at radius 1 is 1.17 bits per heavy atom. The van der Waals surface area contributed by atoms with Crippen LogP contribution in [-0.4, -0.2) is 32.1 Å². The van der Waals surface area contributed by atoms with E-state index in [9.17, 15) is 13.2 Å². The Hall–Kier alpha value is -2.01. The Morgan fingerprint density at radius 2 is 1.83 bits per heavy atom. The molecule has 162 valence electrons. The molecule has 0 heterocycles. The van der Waals surface area contributed by atoms with Crippen LogP contribution in [0, 0.1) is 0 Å². The molecule has 10 heteroatoms. The van der Waals surface area contributed by atoms with Gasteiger partial charge < -0.3 is 10.1 Å².